The second-order valence-corrected chi connectivity index (χ2v) is 6.34. The highest BCUT2D eigenvalue weighted by atomic mass is 32.2. The highest BCUT2D eigenvalue weighted by molar-refractivity contribution is 7.99. The molecule has 10 heteroatoms. The summed E-state index contributed by atoms with van der Waals surface area (Å²) < 4.78 is 77.2. The number of carbonyl (C=O) groups is 1. The molecule has 0 aliphatic carbocycles. The quantitative estimate of drug-likeness (QED) is 0.551. The number of rotatable bonds is 4. The number of anilines is 1. The number of amides is 1. The Kier molecular flexibility index (Phi) is 5.84. The Hall–Kier alpha value is -2.23. The van der Waals surface area contributed by atoms with Crippen LogP contribution in [0.25, 0.3) is 0 Å². The molecule has 0 unspecified atom stereocenters. The second kappa shape index (κ2) is 7.56. The number of hydrogen-bond donors (Lipinski definition) is 1. The average Bonchev–Trinajstić information content (AvgIpc) is 2.53. The van der Waals surface area contributed by atoms with Gasteiger partial charge >= 0.3 is 12.4 Å². The number of halogens is 6. The van der Waals surface area contributed by atoms with Crippen molar-refractivity contribution in [3.63, 3.8) is 0 Å². The molecule has 0 fully saturated rings. The summed E-state index contributed by atoms with van der Waals surface area (Å²) in [6.45, 7) is 1.82. The van der Waals surface area contributed by atoms with Crippen LogP contribution in [0.2, 0.25) is 0 Å². The molecule has 0 atom stereocenters. The van der Waals surface area contributed by atoms with Gasteiger partial charge < -0.3 is 5.32 Å². The molecule has 3 nitrogen and oxygen atoms in total. The molecule has 1 aromatic carbocycles. The van der Waals surface area contributed by atoms with Gasteiger partial charge in [-0.1, -0.05) is 6.92 Å². The summed E-state index contributed by atoms with van der Waals surface area (Å²) in [5.74, 6) is -0.290. The van der Waals surface area contributed by atoms with Crippen molar-refractivity contribution in [2.24, 2.45) is 0 Å². The zero-order valence-electron chi connectivity index (χ0n) is 13.2. The standard InChI is InChI=1S/C16H12F6N2OS/c1-2-26-12-4-3-5-23-13(12)14(25)24-11-7-9(15(17,18)19)6-10(8-11)16(20,21)22/h3-8H,2H2,1H3,(H,24,25). The van der Waals surface area contributed by atoms with E-state index in [9.17, 15) is 31.1 Å². The maximum atomic E-state index is 12.9. The first-order valence-electron chi connectivity index (χ1n) is 7.21. The summed E-state index contributed by atoms with van der Waals surface area (Å²) in [6, 6.07) is 4.05. The Morgan fingerprint density at radius 2 is 1.65 bits per heavy atom. The van der Waals surface area contributed by atoms with Gasteiger partial charge in [0.05, 0.1) is 11.1 Å². The highest BCUT2D eigenvalue weighted by Gasteiger charge is 2.37. The number of nitrogens with one attached hydrogen (secondary N) is 1. The molecule has 140 valence electrons. The van der Waals surface area contributed by atoms with E-state index in [-0.39, 0.29) is 11.8 Å². The van der Waals surface area contributed by atoms with E-state index in [1.54, 1.807) is 12.1 Å². The molecule has 0 aliphatic heterocycles. The molecule has 1 aromatic heterocycles. The van der Waals surface area contributed by atoms with Gasteiger partial charge in [0.25, 0.3) is 5.91 Å². The smallest absolute Gasteiger partial charge is 0.321 e. The third-order valence-electron chi connectivity index (χ3n) is 3.13. The molecule has 26 heavy (non-hydrogen) atoms. The van der Waals surface area contributed by atoms with Gasteiger partial charge in [0.15, 0.2) is 0 Å². The van der Waals surface area contributed by atoms with Crippen molar-refractivity contribution in [2.75, 3.05) is 11.1 Å². The third kappa shape index (κ3) is 4.90. The number of benzene rings is 1. The summed E-state index contributed by atoms with van der Waals surface area (Å²) in [4.78, 5) is 16.6. The molecule has 1 amide bonds. The maximum absolute atomic E-state index is 12.9. The average molecular weight is 394 g/mol. The van der Waals surface area contributed by atoms with Gasteiger partial charge in [0.2, 0.25) is 0 Å². The Balaban J connectivity index is 2.41. The van der Waals surface area contributed by atoms with E-state index in [0.29, 0.717) is 22.8 Å². The summed E-state index contributed by atoms with van der Waals surface area (Å²) in [6.07, 6.45) is -8.67. The van der Waals surface area contributed by atoms with E-state index in [2.05, 4.69) is 10.3 Å². The highest BCUT2D eigenvalue weighted by Crippen LogP contribution is 2.37. The van der Waals surface area contributed by atoms with Crippen LogP contribution in [-0.4, -0.2) is 16.6 Å². The normalized spacial score (nSPS) is 12.1. The molecule has 0 saturated heterocycles. The molecule has 1 heterocycles. The largest absolute Gasteiger partial charge is 0.416 e. The number of hydrogen-bond acceptors (Lipinski definition) is 3. The number of aromatic nitrogens is 1. The van der Waals surface area contributed by atoms with Crippen molar-refractivity contribution in [1.29, 1.82) is 0 Å². The molecule has 0 saturated carbocycles. The van der Waals surface area contributed by atoms with Gasteiger partial charge in [0, 0.05) is 16.8 Å². The first-order chi connectivity index (χ1) is 12.0. The molecular weight excluding hydrogens is 382 g/mol. The van der Waals surface area contributed by atoms with E-state index in [1.807, 2.05) is 6.92 Å². The predicted molar refractivity (Wildman–Crippen MR) is 85.0 cm³/mol. The fourth-order valence-electron chi connectivity index (χ4n) is 2.05. The molecule has 0 aliphatic rings. The molecule has 1 N–H and O–H groups in total. The van der Waals surface area contributed by atoms with Crippen LogP contribution in [0.4, 0.5) is 32.0 Å². The SMILES string of the molecule is CCSc1cccnc1C(=O)Nc1cc(C(F)(F)F)cc(C(F)(F)F)c1. The number of nitrogens with zero attached hydrogens (tertiary/aromatic N) is 1. The second-order valence-electron chi connectivity index (χ2n) is 5.03. The molecule has 0 radical (unpaired) electrons. The molecule has 0 spiro atoms. The number of alkyl halides is 6. The lowest BCUT2D eigenvalue weighted by atomic mass is 10.1. The van der Waals surface area contributed by atoms with Gasteiger partial charge in [-0.05, 0) is 36.1 Å². The fraction of sp³-hybridized carbons (Fsp3) is 0.250. The minimum Gasteiger partial charge on any atom is -0.321 e. The van der Waals surface area contributed by atoms with E-state index in [1.165, 1.54) is 18.0 Å². The van der Waals surface area contributed by atoms with Crippen LogP contribution in [0, 0.1) is 0 Å². The molecule has 0 bridgehead atoms. The summed E-state index contributed by atoms with van der Waals surface area (Å²) in [7, 11) is 0. The summed E-state index contributed by atoms with van der Waals surface area (Å²) in [5.41, 5.74) is -3.71. The van der Waals surface area contributed by atoms with E-state index in [4.69, 9.17) is 0 Å². The van der Waals surface area contributed by atoms with Gasteiger partial charge in [-0.3, -0.25) is 4.79 Å². The van der Waals surface area contributed by atoms with Crippen LogP contribution in [-0.2, 0) is 12.4 Å². The lowest BCUT2D eigenvalue weighted by molar-refractivity contribution is -0.143. The van der Waals surface area contributed by atoms with Crippen molar-refractivity contribution in [3.8, 4) is 0 Å². The Morgan fingerprint density at radius 3 is 2.15 bits per heavy atom. The molecular formula is C16H12F6N2OS. The van der Waals surface area contributed by atoms with Crippen LogP contribution in [0.1, 0.15) is 28.5 Å². The van der Waals surface area contributed by atoms with Crippen LogP contribution in [0.5, 0.6) is 0 Å². The molecule has 2 rings (SSSR count). The number of pyridine rings is 1. The van der Waals surface area contributed by atoms with Gasteiger partial charge in [-0.2, -0.15) is 26.3 Å². The lowest BCUT2D eigenvalue weighted by Crippen LogP contribution is -2.17. The van der Waals surface area contributed by atoms with Crippen LogP contribution >= 0.6 is 11.8 Å². The topological polar surface area (TPSA) is 42.0 Å². The van der Waals surface area contributed by atoms with Crippen molar-refractivity contribution in [2.45, 2.75) is 24.2 Å². The van der Waals surface area contributed by atoms with Gasteiger partial charge in [-0.25, -0.2) is 4.98 Å². The van der Waals surface area contributed by atoms with Gasteiger partial charge in [0.1, 0.15) is 5.69 Å². The zero-order chi connectivity index (χ0) is 19.5. The van der Waals surface area contributed by atoms with E-state index < -0.39 is 35.1 Å². The van der Waals surface area contributed by atoms with E-state index in [0.717, 1.165) is 0 Å². The van der Waals surface area contributed by atoms with Gasteiger partial charge in [-0.15, -0.1) is 11.8 Å². The first-order valence-corrected chi connectivity index (χ1v) is 8.19. The van der Waals surface area contributed by atoms with Crippen molar-refractivity contribution in [1.82, 2.24) is 4.98 Å². The molecule has 2 aromatic rings. The van der Waals surface area contributed by atoms with Crippen LogP contribution in [0.15, 0.2) is 41.4 Å². The predicted octanol–water partition coefficient (Wildman–Crippen LogP) is 5.48. The van der Waals surface area contributed by atoms with E-state index >= 15 is 0 Å². The van der Waals surface area contributed by atoms with Crippen LogP contribution < -0.4 is 5.32 Å². The number of thioether (sulfide) groups is 1. The monoisotopic (exact) mass is 394 g/mol. The summed E-state index contributed by atoms with van der Waals surface area (Å²) >= 11 is 1.27. The van der Waals surface area contributed by atoms with Crippen molar-refractivity contribution >= 4 is 23.4 Å². The minimum atomic E-state index is -4.99. The summed E-state index contributed by atoms with van der Waals surface area (Å²) in [5, 5.41) is 2.07. The lowest BCUT2D eigenvalue weighted by Gasteiger charge is -2.15. The maximum Gasteiger partial charge on any atom is 0.416 e. The van der Waals surface area contributed by atoms with Crippen molar-refractivity contribution in [3.05, 3.63) is 53.3 Å². The van der Waals surface area contributed by atoms with Crippen LogP contribution in [0.3, 0.4) is 0 Å². The first kappa shape index (κ1) is 20.1. The third-order valence-corrected chi connectivity index (χ3v) is 4.06. The Bertz CT molecular complexity index is 772. The Morgan fingerprint density at radius 1 is 1.08 bits per heavy atom. The fourth-order valence-corrected chi connectivity index (χ4v) is 2.82. The number of carbonyl (C=O) groups excluding carboxylic acids is 1. The minimum absolute atomic E-state index is 0.00517. The Labute approximate surface area is 148 Å². The zero-order valence-corrected chi connectivity index (χ0v) is 14.0. The van der Waals surface area contributed by atoms with Crippen molar-refractivity contribution < 1.29 is 31.1 Å².